The average Bonchev–Trinajstić information content (AvgIpc) is 2.63. The minimum Gasteiger partial charge on any atom is -0.382 e. The van der Waals surface area contributed by atoms with Gasteiger partial charge in [0.2, 0.25) is 0 Å². The molecule has 0 aliphatic heterocycles. The number of hydrogen-bond donors (Lipinski definition) is 1. The number of anilines is 1. The minimum atomic E-state index is -4.44. The molecular formula is C12H9F3N4. The van der Waals surface area contributed by atoms with Crippen LogP contribution in [0.1, 0.15) is 16.8 Å². The molecule has 1 heterocycles. The first-order valence-corrected chi connectivity index (χ1v) is 5.27. The number of nitrogens with two attached hydrogens (primary N) is 1. The summed E-state index contributed by atoms with van der Waals surface area (Å²) in [7, 11) is 0. The van der Waals surface area contributed by atoms with E-state index < -0.39 is 11.7 Å². The van der Waals surface area contributed by atoms with E-state index in [0.29, 0.717) is 5.69 Å². The molecule has 0 amide bonds. The molecule has 0 saturated heterocycles. The Kier molecular flexibility index (Phi) is 2.94. The van der Waals surface area contributed by atoms with Crippen molar-refractivity contribution in [3.8, 4) is 11.8 Å². The van der Waals surface area contributed by atoms with E-state index in [2.05, 4.69) is 5.10 Å². The van der Waals surface area contributed by atoms with Gasteiger partial charge in [0.15, 0.2) is 0 Å². The number of alkyl halides is 3. The summed E-state index contributed by atoms with van der Waals surface area (Å²) in [6.07, 6.45) is -4.44. The van der Waals surface area contributed by atoms with Crippen molar-refractivity contribution in [2.24, 2.45) is 0 Å². The quantitative estimate of drug-likeness (QED) is 0.862. The summed E-state index contributed by atoms with van der Waals surface area (Å²) in [5.41, 5.74) is 5.61. The van der Waals surface area contributed by atoms with Crippen LogP contribution in [0.2, 0.25) is 0 Å². The van der Waals surface area contributed by atoms with Crippen molar-refractivity contribution >= 4 is 5.82 Å². The Hall–Kier alpha value is -2.49. The van der Waals surface area contributed by atoms with Crippen LogP contribution < -0.4 is 5.73 Å². The second kappa shape index (κ2) is 4.31. The summed E-state index contributed by atoms with van der Waals surface area (Å²) in [6, 6.07) is 6.47. The molecule has 0 fully saturated rings. The zero-order valence-electron chi connectivity index (χ0n) is 9.86. The minimum absolute atomic E-state index is 0.0272. The maximum atomic E-state index is 12.6. The maximum Gasteiger partial charge on any atom is 0.416 e. The van der Waals surface area contributed by atoms with Crippen LogP contribution in [0.15, 0.2) is 24.3 Å². The van der Waals surface area contributed by atoms with Crippen LogP contribution >= 0.6 is 0 Å². The molecule has 0 atom stereocenters. The molecule has 2 N–H and O–H groups in total. The number of nitrogen functional groups attached to an aromatic ring is 1. The lowest BCUT2D eigenvalue weighted by molar-refractivity contribution is -0.137. The predicted octanol–water partition coefficient (Wildman–Crippen LogP) is 2.65. The first-order valence-electron chi connectivity index (χ1n) is 5.27. The van der Waals surface area contributed by atoms with Gasteiger partial charge in [-0.1, -0.05) is 6.07 Å². The fourth-order valence-electron chi connectivity index (χ4n) is 1.69. The highest BCUT2D eigenvalue weighted by Gasteiger charge is 2.30. The van der Waals surface area contributed by atoms with E-state index >= 15 is 0 Å². The predicted molar refractivity (Wildman–Crippen MR) is 62.4 cm³/mol. The fraction of sp³-hybridized carbons (Fsp3) is 0.167. The van der Waals surface area contributed by atoms with Crippen molar-refractivity contribution in [2.75, 3.05) is 5.73 Å². The number of nitriles is 1. The van der Waals surface area contributed by atoms with Crippen molar-refractivity contribution in [1.29, 1.82) is 5.26 Å². The molecule has 2 aromatic rings. The average molecular weight is 266 g/mol. The number of benzene rings is 1. The first-order chi connectivity index (χ1) is 8.84. The van der Waals surface area contributed by atoms with Gasteiger partial charge in [-0.15, -0.1) is 0 Å². The molecule has 0 bridgehead atoms. The van der Waals surface area contributed by atoms with E-state index in [1.165, 1.54) is 12.1 Å². The summed E-state index contributed by atoms with van der Waals surface area (Å²) in [4.78, 5) is 0. The zero-order valence-corrected chi connectivity index (χ0v) is 9.86. The Labute approximate surface area is 106 Å². The lowest BCUT2D eigenvalue weighted by Gasteiger charge is -2.09. The number of hydrogen-bond acceptors (Lipinski definition) is 3. The molecule has 0 spiro atoms. The maximum absolute atomic E-state index is 12.6. The van der Waals surface area contributed by atoms with Gasteiger partial charge in [-0.05, 0) is 25.1 Å². The van der Waals surface area contributed by atoms with Crippen molar-refractivity contribution in [3.63, 3.8) is 0 Å². The molecule has 0 aliphatic carbocycles. The first kappa shape index (κ1) is 13.0. The van der Waals surface area contributed by atoms with Gasteiger partial charge < -0.3 is 5.73 Å². The van der Waals surface area contributed by atoms with E-state index in [9.17, 15) is 13.2 Å². The molecule has 7 heteroatoms. The SMILES string of the molecule is Cc1nn(-c2cccc(C(F)(F)F)c2)c(N)c1C#N. The van der Waals surface area contributed by atoms with E-state index in [1.807, 2.05) is 6.07 Å². The Morgan fingerprint density at radius 2 is 2.05 bits per heavy atom. The second-order valence-electron chi connectivity index (χ2n) is 3.92. The highest BCUT2D eigenvalue weighted by atomic mass is 19.4. The molecule has 19 heavy (non-hydrogen) atoms. The topological polar surface area (TPSA) is 67.6 Å². The smallest absolute Gasteiger partial charge is 0.382 e. The summed E-state index contributed by atoms with van der Waals surface area (Å²) in [5, 5.41) is 12.9. The molecule has 0 radical (unpaired) electrons. The van der Waals surface area contributed by atoms with E-state index in [4.69, 9.17) is 11.0 Å². The van der Waals surface area contributed by atoms with Gasteiger partial charge in [0, 0.05) is 0 Å². The number of aromatic nitrogens is 2. The molecule has 4 nitrogen and oxygen atoms in total. The molecule has 2 rings (SSSR count). The third-order valence-electron chi connectivity index (χ3n) is 2.63. The molecule has 0 saturated carbocycles. The van der Waals surface area contributed by atoms with Crippen molar-refractivity contribution < 1.29 is 13.2 Å². The summed E-state index contributed by atoms with van der Waals surface area (Å²) < 4.78 is 39.0. The van der Waals surface area contributed by atoms with Crippen LogP contribution in [0, 0.1) is 18.3 Å². The standard InChI is InChI=1S/C12H9F3N4/c1-7-10(6-16)11(17)19(18-7)9-4-2-3-8(5-9)12(13,14)15/h2-5H,17H2,1H3. The fourth-order valence-corrected chi connectivity index (χ4v) is 1.69. The summed E-state index contributed by atoms with van der Waals surface area (Å²) in [6.45, 7) is 1.57. The number of halogens is 3. The lowest BCUT2D eigenvalue weighted by atomic mass is 10.2. The summed E-state index contributed by atoms with van der Waals surface area (Å²) >= 11 is 0. The van der Waals surface area contributed by atoms with E-state index in [1.54, 1.807) is 6.92 Å². The van der Waals surface area contributed by atoms with E-state index in [-0.39, 0.29) is 17.1 Å². The number of rotatable bonds is 1. The van der Waals surface area contributed by atoms with Crippen LogP contribution in [0.3, 0.4) is 0 Å². The van der Waals surface area contributed by atoms with Gasteiger partial charge in [-0.3, -0.25) is 0 Å². The van der Waals surface area contributed by atoms with Crippen LogP contribution in [0.25, 0.3) is 5.69 Å². The molecule has 98 valence electrons. The third-order valence-corrected chi connectivity index (χ3v) is 2.63. The Morgan fingerprint density at radius 1 is 1.37 bits per heavy atom. The zero-order chi connectivity index (χ0) is 14.2. The van der Waals surface area contributed by atoms with Crippen LogP contribution in [-0.4, -0.2) is 9.78 Å². The van der Waals surface area contributed by atoms with Crippen molar-refractivity contribution in [1.82, 2.24) is 9.78 Å². The van der Waals surface area contributed by atoms with Crippen molar-refractivity contribution in [2.45, 2.75) is 13.1 Å². The Morgan fingerprint density at radius 3 is 2.58 bits per heavy atom. The number of aryl methyl sites for hydroxylation is 1. The highest BCUT2D eigenvalue weighted by Crippen LogP contribution is 2.31. The molecule has 0 unspecified atom stereocenters. The van der Waals surface area contributed by atoms with Crippen LogP contribution in [-0.2, 0) is 6.18 Å². The second-order valence-corrected chi connectivity index (χ2v) is 3.92. The van der Waals surface area contributed by atoms with Gasteiger partial charge in [0.25, 0.3) is 0 Å². The van der Waals surface area contributed by atoms with Gasteiger partial charge in [0.1, 0.15) is 17.5 Å². The highest BCUT2D eigenvalue weighted by molar-refractivity contribution is 5.56. The Balaban J connectivity index is 2.58. The molecular weight excluding hydrogens is 257 g/mol. The summed E-state index contributed by atoms with van der Waals surface area (Å²) in [5.74, 6) is 0.0272. The largest absolute Gasteiger partial charge is 0.416 e. The van der Waals surface area contributed by atoms with Gasteiger partial charge in [-0.2, -0.15) is 23.5 Å². The lowest BCUT2D eigenvalue weighted by Crippen LogP contribution is -2.08. The van der Waals surface area contributed by atoms with E-state index in [0.717, 1.165) is 16.8 Å². The van der Waals surface area contributed by atoms with Crippen LogP contribution in [0.4, 0.5) is 19.0 Å². The normalized spacial score (nSPS) is 11.3. The van der Waals surface area contributed by atoms with Gasteiger partial charge in [0.05, 0.1) is 16.9 Å². The van der Waals surface area contributed by atoms with Gasteiger partial charge in [-0.25, -0.2) is 4.68 Å². The molecule has 1 aromatic carbocycles. The monoisotopic (exact) mass is 266 g/mol. The Bertz CT molecular complexity index is 665. The molecule has 1 aromatic heterocycles. The number of nitrogens with zero attached hydrogens (tertiary/aromatic N) is 3. The molecule has 0 aliphatic rings. The van der Waals surface area contributed by atoms with Crippen molar-refractivity contribution in [3.05, 3.63) is 41.1 Å². The third kappa shape index (κ3) is 2.25. The van der Waals surface area contributed by atoms with Gasteiger partial charge >= 0.3 is 6.18 Å². The van der Waals surface area contributed by atoms with Crippen LogP contribution in [0.5, 0.6) is 0 Å².